The number of amides is 1. The van der Waals surface area contributed by atoms with Gasteiger partial charge in [-0.05, 0) is 25.7 Å². The summed E-state index contributed by atoms with van der Waals surface area (Å²) in [6, 6.07) is -0.00275. The molecule has 0 bridgehead atoms. The van der Waals surface area contributed by atoms with Crippen molar-refractivity contribution in [2.75, 3.05) is 11.5 Å². The molecule has 2 N–H and O–H groups in total. The summed E-state index contributed by atoms with van der Waals surface area (Å²) in [7, 11) is -0.761. The van der Waals surface area contributed by atoms with Crippen molar-refractivity contribution >= 4 is 22.7 Å². The summed E-state index contributed by atoms with van der Waals surface area (Å²) < 4.78 is 11.2. The molecule has 1 heterocycles. The topological polar surface area (TPSA) is 83.5 Å². The van der Waals surface area contributed by atoms with Gasteiger partial charge in [0.25, 0.3) is 0 Å². The van der Waals surface area contributed by atoms with E-state index < -0.39 is 22.2 Å². The fourth-order valence-electron chi connectivity index (χ4n) is 2.33. The molecule has 1 aliphatic carbocycles. The van der Waals surface area contributed by atoms with Crippen LogP contribution in [0.25, 0.3) is 0 Å². The largest absolute Gasteiger partial charge is 0.480 e. The van der Waals surface area contributed by atoms with E-state index in [1.165, 1.54) is 0 Å². The van der Waals surface area contributed by atoms with Crippen molar-refractivity contribution in [1.82, 2.24) is 5.32 Å². The van der Waals surface area contributed by atoms with Crippen LogP contribution in [0.5, 0.6) is 0 Å². The highest BCUT2D eigenvalue weighted by Crippen LogP contribution is 2.41. The highest BCUT2D eigenvalue weighted by molar-refractivity contribution is 7.85. The fraction of sp³-hybridized carbons (Fsp3) is 0.818. The van der Waals surface area contributed by atoms with Crippen molar-refractivity contribution in [3.8, 4) is 0 Å². The first kappa shape index (κ1) is 12.5. The predicted molar refractivity (Wildman–Crippen MR) is 63.0 cm³/mol. The van der Waals surface area contributed by atoms with E-state index in [-0.39, 0.29) is 11.9 Å². The molecule has 1 saturated carbocycles. The number of hydrogen-bond donors (Lipinski definition) is 2. The molecule has 2 rings (SSSR count). The van der Waals surface area contributed by atoms with Gasteiger partial charge in [0.05, 0.1) is 0 Å². The Kier molecular flexibility index (Phi) is 3.51. The second kappa shape index (κ2) is 4.76. The number of rotatable bonds is 3. The lowest BCUT2D eigenvalue weighted by Gasteiger charge is -2.37. The van der Waals surface area contributed by atoms with Gasteiger partial charge < -0.3 is 10.4 Å². The lowest BCUT2D eigenvalue weighted by Crippen LogP contribution is -2.54. The maximum atomic E-state index is 12.0. The molecule has 0 radical (unpaired) electrons. The van der Waals surface area contributed by atoms with E-state index in [9.17, 15) is 13.8 Å². The second-order valence-corrected chi connectivity index (χ2v) is 6.53. The lowest BCUT2D eigenvalue weighted by molar-refractivity contribution is -0.162. The molecule has 1 aliphatic heterocycles. The Morgan fingerprint density at radius 1 is 1.24 bits per heavy atom. The van der Waals surface area contributed by atoms with Crippen LogP contribution >= 0.6 is 0 Å². The van der Waals surface area contributed by atoms with E-state index in [0.717, 1.165) is 6.42 Å². The Morgan fingerprint density at radius 3 is 2.24 bits per heavy atom. The summed E-state index contributed by atoms with van der Waals surface area (Å²) in [6.07, 6.45) is 3.05. The summed E-state index contributed by atoms with van der Waals surface area (Å²) in [5.74, 6) is -0.162. The minimum atomic E-state index is -1.18. The van der Waals surface area contributed by atoms with E-state index in [2.05, 4.69) is 5.32 Å². The normalized spacial score (nSPS) is 31.3. The van der Waals surface area contributed by atoms with Gasteiger partial charge in [0, 0.05) is 28.3 Å². The molecule has 17 heavy (non-hydrogen) atoms. The van der Waals surface area contributed by atoms with Gasteiger partial charge >= 0.3 is 5.97 Å². The molecule has 0 aromatic rings. The number of carboxylic acid groups (broad SMARTS) is 1. The second-order valence-electron chi connectivity index (χ2n) is 4.84. The number of hydrogen-bond acceptors (Lipinski definition) is 3. The highest BCUT2D eigenvalue weighted by Gasteiger charge is 2.51. The molecule has 0 atom stereocenters. The Morgan fingerprint density at radius 2 is 1.82 bits per heavy atom. The molecule has 1 amide bonds. The molecular formula is C11H17NO4S. The molecule has 6 heteroatoms. The maximum absolute atomic E-state index is 12.0. The van der Waals surface area contributed by atoms with E-state index >= 15 is 0 Å². The number of nitrogens with one attached hydrogen (secondary N) is 1. The zero-order chi connectivity index (χ0) is 12.5. The van der Waals surface area contributed by atoms with Crippen LogP contribution in [-0.4, -0.2) is 38.7 Å². The van der Waals surface area contributed by atoms with Gasteiger partial charge in [-0.15, -0.1) is 0 Å². The smallest absolute Gasteiger partial charge is 0.319 e. The number of carbonyl (C=O) groups is 2. The van der Waals surface area contributed by atoms with E-state index in [1.807, 2.05) is 0 Å². The first-order chi connectivity index (χ1) is 8.04. The van der Waals surface area contributed by atoms with Crippen molar-refractivity contribution < 1.29 is 18.9 Å². The molecule has 0 spiro atoms. The van der Waals surface area contributed by atoms with Crippen LogP contribution in [0.4, 0.5) is 0 Å². The van der Waals surface area contributed by atoms with E-state index in [4.69, 9.17) is 5.11 Å². The third kappa shape index (κ3) is 2.36. The first-order valence-corrected chi connectivity index (χ1v) is 7.43. The molecule has 0 aromatic heterocycles. The molecule has 2 aliphatic rings. The van der Waals surface area contributed by atoms with Crippen LogP contribution in [0.15, 0.2) is 0 Å². The Bertz CT molecular complexity index is 354. The molecule has 1 saturated heterocycles. The third-order valence-electron chi connectivity index (χ3n) is 3.77. The maximum Gasteiger partial charge on any atom is 0.319 e. The summed E-state index contributed by atoms with van der Waals surface area (Å²) in [4.78, 5) is 23.1. The van der Waals surface area contributed by atoms with Crippen LogP contribution in [0.1, 0.15) is 32.1 Å². The van der Waals surface area contributed by atoms with Gasteiger partial charge in [0.2, 0.25) is 5.91 Å². The van der Waals surface area contributed by atoms with Crippen LogP contribution in [0.3, 0.4) is 0 Å². The van der Waals surface area contributed by atoms with Gasteiger partial charge in [-0.1, -0.05) is 6.42 Å². The first-order valence-electron chi connectivity index (χ1n) is 5.94. The molecule has 0 unspecified atom stereocenters. The molecule has 5 nitrogen and oxygen atoms in total. The third-order valence-corrected chi connectivity index (χ3v) is 5.16. The van der Waals surface area contributed by atoms with Gasteiger partial charge in [-0.3, -0.25) is 13.8 Å². The van der Waals surface area contributed by atoms with E-state index in [1.54, 1.807) is 0 Å². The summed E-state index contributed by atoms with van der Waals surface area (Å²) in [6.45, 7) is 0. The van der Waals surface area contributed by atoms with Gasteiger partial charge in [-0.2, -0.15) is 0 Å². The molecular weight excluding hydrogens is 242 g/mol. The van der Waals surface area contributed by atoms with Crippen LogP contribution in [0, 0.1) is 5.41 Å². The minimum absolute atomic E-state index is 0.00275. The van der Waals surface area contributed by atoms with Crippen molar-refractivity contribution in [2.24, 2.45) is 5.41 Å². The quantitative estimate of drug-likeness (QED) is 0.713. The van der Waals surface area contributed by atoms with Crippen molar-refractivity contribution in [1.29, 1.82) is 0 Å². The zero-order valence-electron chi connectivity index (χ0n) is 9.61. The van der Waals surface area contributed by atoms with E-state index in [0.29, 0.717) is 37.2 Å². The standard InChI is InChI=1S/C11H17NO4S/c13-9(11(10(14)15)4-1-5-11)12-8-2-6-17(16)7-3-8/h8H,1-7H2,(H,12,13)(H,14,15). The Balaban J connectivity index is 1.92. The van der Waals surface area contributed by atoms with Crippen LogP contribution in [0.2, 0.25) is 0 Å². The molecule has 0 aromatic carbocycles. The summed E-state index contributed by atoms with van der Waals surface area (Å²) in [5, 5.41) is 11.9. The van der Waals surface area contributed by atoms with Crippen molar-refractivity contribution in [3.05, 3.63) is 0 Å². The number of carbonyl (C=O) groups excluding carboxylic acids is 1. The minimum Gasteiger partial charge on any atom is -0.480 e. The zero-order valence-corrected chi connectivity index (χ0v) is 10.4. The Hall–Kier alpha value is -0.910. The van der Waals surface area contributed by atoms with Crippen LogP contribution < -0.4 is 5.32 Å². The van der Waals surface area contributed by atoms with Crippen molar-refractivity contribution in [3.63, 3.8) is 0 Å². The fourth-order valence-corrected chi connectivity index (χ4v) is 3.63. The Labute approximate surface area is 102 Å². The number of aliphatic carboxylic acids is 1. The molecule has 96 valence electrons. The van der Waals surface area contributed by atoms with Gasteiger partial charge in [0.15, 0.2) is 0 Å². The van der Waals surface area contributed by atoms with Crippen LogP contribution in [-0.2, 0) is 20.4 Å². The lowest BCUT2D eigenvalue weighted by atomic mass is 9.68. The molecule has 2 fully saturated rings. The highest BCUT2D eigenvalue weighted by atomic mass is 32.2. The SMILES string of the molecule is O=C(O)C1(C(=O)NC2CCS(=O)CC2)CCC1. The monoisotopic (exact) mass is 259 g/mol. The average molecular weight is 259 g/mol. The average Bonchev–Trinajstić information content (AvgIpc) is 2.19. The summed E-state index contributed by atoms with van der Waals surface area (Å²) in [5.41, 5.74) is -1.18. The predicted octanol–water partition coefficient (Wildman–Crippen LogP) is 0.269. The number of carboxylic acids is 1. The summed E-state index contributed by atoms with van der Waals surface area (Å²) >= 11 is 0. The van der Waals surface area contributed by atoms with Crippen molar-refractivity contribution in [2.45, 2.75) is 38.1 Å². The van der Waals surface area contributed by atoms with Gasteiger partial charge in [-0.25, -0.2) is 0 Å². The van der Waals surface area contributed by atoms with Gasteiger partial charge in [0.1, 0.15) is 5.41 Å².